The maximum absolute atomic E-state index is 13.2. The Labute approximate surface area is 398 Å². The number of allylic oxidation sites excluding steroid dienone is 5. The van der Waals surface area contributed by atoms with E-state index in [4.69, 9.17) is 18.9 Å². The van der Waals surface area contributed by atoms with Crippen molar-refractivity contribution in [2.75, 3.05) is 19.8 Å². The highest BCUT2D eigenvalue weighted by molar-refractivity contribution is 5.76. The van der Waals surface area contributed by atoms with Gasteiger partial charge in [0, 0.05) is 6.42 Å². The number of carbonyl (C=O) groups is 1. The predicted octanol–water partition coefficient (Wildman–Crippen LogP) is 7.10. The van der Waals surface area contributed by atoms with Crippen LogP contribution in [0.2, 0.25) is 0 Å². The molecule has 66 heavy (non-hydrogen) atoms. The van der Waals surface area contributed by atoms with Crippen LogP contribution in [0.4, 0.5) is 0 Å². The molecule has 0 aromatic heterocycles. The monoisotopic (exact) mass is 942 g/mol. The summed E-state index contributed by atoms with van der Waals surface area (Å²) >= 11 is 0. The highest BCUT2D eigenvalue weighted by Crippen LogP contribution is 2.30. The summed E-state index contributed by atoms with van der Waals surface area (Å²) in [5.74, 6) is -0.254. The van der Waals surface area contributed by atoms with Crippen LogP contribution in [-0.4, -0.2) is 140 Å². The summed E-state index contributed by atoms with van der Waals surface area (Å²) in [5.41, 5.74) is 0. The topological polar surface area (TPSA) is 228 Å². The molecule has 386 valence electrons. The van der Waals surface area contributed by atoms with Crippen molar-refractivity contribution >= 4 is 5.91 Å². The summed E-state index contributed by atoms with van der Waals surface area (Å²) < 4.78 is 22.7. The van der Waals surface area contributed by atoms with Crippen LogP contribution in [0.5, 0.6) is 0 Å². The van der Waals surface area contributed by atoms with Crippen molar-refractivity contribution in [3.05, 3.63) is 36.5 Å². The molecule has 12 unspecified atom stereocenters. The lowest BCUT2D eigenvalue weighted by Gasteiger charge is -2.46. The van der Waals surface area contributed by atoms with E-state index in [9.17, 15) is 45.6 Å². The molecule has 0 bridgehead atoms. The van der Waals surface area contributed by atoms with Gasteiger partial charge in [-0.05, 0) is 57.8 Å². The second kappa shape index (κ2) is 39.0. The molecule has 9 N–H and O–H groups in total. The minimum absolute atomic E-state index is 0.254. The smallest absolute Gasteiger partial charge is 0.220 e. The molecule has 2 aliphatic rings. The van der Waals surface area contributed by atoms with E-state index in [0.717, 1.165) is 32.1 Å². The van der Waals surface area contributed by atoms with Gasteiger partial charge in [-0.15, -0.1) is 0 Å². The van der Waals surface area contributed by atoms with E-state index in [2.05, 4.69) is 43.5 Å². The Kier molecular flexibility index (Phi) is 35.6. The molecule has 0 radical (unpaired) electrons. The van der Waals surface area contributed by atoms with Gasteiger partial charge in [-0.25, -0.2) is 0 Å². The molecule has 2 aliphatic heterocycles. The quantitative estimate of drug-likeness (QED) is 0.0221. The number of hydrogen-bond acceptors (Lipinski definition) is 13. The lowest BCUT2D eigenvalue weighted by molar-refractivity contribution is -0.359. The van der Waals surface area contributed by atoms with Crippen molar-refractivity contribution in [3.8, 4) is 0 Å². The van der Waals surface area contributed by atoms with Crippen LogP contribution in [0, 0.1) is 0 Å². The summed E-state index contributed by atoms with van der Waals surface area (Å²) in [6.45, 7) is 2.73. The average molecular weight is 942 g/mol. The van der Waals surface area contributed by atoms with E-state index < -0.39 is 86.8 Å². The van der Waals surface area contributed by atoms with Gasteiger partial charge in [0.2, 0.25) is 5.91 Å². The predicted molar refractivity (Wildman–Crippen MR) is 258 cm³/mol. The first kappa shape index (κ1) is 60.3. The number of carbonyl (C=O) groups excluding carboxylic acids is 1. The van der Waals surface area contributed by atoms with E-state index in [1.165, 1.54) is 128 Å². The number of nitrogens with one attached hydrogen (secondary N) is 1. The van der Waals surface area contributed by atoms with Gasteiger partial charge in [-0.2, -0.15) is 0 Å². The molecule has 2 saturated heterocycles. The molecule has 14 nitrogen and oxygen atoms in total. The number of unbranched alkanes of at least 4 members (excludes halogenated alkanes) is 23. The van der Waals surface area contributed by atoms with E-state index in [-0.39, 0.29) is 18.9 Å². The summed E-state index contributed by atoms with van der Waals surface area (Å²) in [4.78, 5) is 13.2. The standard InChI is InChI=1S/C52H95NO13/c1-3-5-7-9-11-13-15-16-17-18-19-20-21-22-23-24-26-28-30-32-34-36-44(57)53-40(41(56)35-33-31-29-27-25-14-12-10-8-6-4-2)39-63-51-49(62)47(60)50(43(38-55)65-51)66-52-48(61)46(59)45(58)42(37-54)64-52/h18-19,25,27,33,35,40-43,45-52,54-56,58-62H,3-17,20-24,26,28-32,34,36-39H2,1-2H3,(H,53,57)/b19-18-,27-25+,35-33+. The summed E-state index contributed by atoms with van der Waals surface area (Å²) in [5, 5.41) is 86.6. The fourth-order valence-corrected chi connectivity index (χ4v) is 8.48. The minimum atomic E-state index is -1.79. The molecular formula is C52H95NO13. The van der Waals surface area contributed by atoms with Crippen LogP contribution >= 0.6 is 0 Å². The number of ether oxygens (including phenoxy) is 4. The van der Waals surface area contributed by atoms with Gasteiger partial charge in [0.15, 0.2) is 12.6 Å². The first-order chi connectivity index (χ1) is 32.1. The van der Waals surface area contributed by atoms with Crippen molar-refractivity contribution < 1.29 is 64.6 Å². The molecule has 12 atom stereocenters. The molecular weight excluding hydrogens is 847 g/mol. The Bertz CT molecular complexity index is 1250. The number of amides is 1. The third-order valence-electron chi connectivity index (χ3n) is 12.8. The maximum Gasteiger partial charge on any atom is 0.220 e. The highest BCUT2D eigenvalue weighted by Gasteiger charge is 2.51. The van der Waals surface area contributed by atoms with Gasteiger partial charge in [0.05, 0.1) is 32.0 Å². The largest absolute Gasteiger partial charge is 0.394 e. The van der Waals surface area contributed by atoms with Gasteiger partial charge >= 0.3 is 0 Å². The molecule has 0 saturated carbocycles. The molecule has 0 spiro atoms. The van der Waals surface area contributed by atoms with Crippen molar-refractivity contribution in [1.29, 1.82) is 0 Å². The molecule has 2 rings (SSSR count). The zero-order chi connectivity index (χ0) is 48.2. The van der Waals surface area contributed by atoms with Gasteiger partial charge in [0.1, 0.15) is 48.8 Å². The molecule has 2 heterocycles. The van der Waals surface area contributed by atoms with E-state index >= 15 is 0 Å². The van der Waals surface area contributed by atoms with Gasteiger partial charge in [-0.1, -0.05) is 166 Å². The van der Waals surface area contributed by atoms with Crippen LogP contribution in [-0.2, 0) is 23.7 Å². The van der Waals surface area contributed by atoms with Crippen LogP contribution in [0.25, 0.3) is 0 Å². The summed E-state index contributed by atoms with van der Waals surface area (Å²) in [6.07, 6.45) is 27.7. The van der Waals surface area contributed by atoms with Crippen LogP contribution < -0.4 is 5.32 Å². The first-order valence-corrected chi connectivity index (χ1v) is 26.2. The Hall–Kier alpha value is -1.79. The molecule has 1 amide bonds. The molecule has 0 aromatic carbocycles. The SMILES string of the molecule is CCCCCCC/C=C/CC/C=C/C(O)C(COC1OC(CO)C(OC2OC(CO)C(O)C(O)C2O)C(O)C1O)NC(=O)CCCCCCCCCCC/C=C\CCCCCCCCCC. The minimum Gasteiger partial charge on any atom is -0.394 e. The summed E-state index contributed by atoms with van der Waals surface area (Å²) in [7, 11) is 0. The average Bonchev–Trinajstić information content (AvgIpc) is 3.31. The van der Waals surface area contributed by atoms with Crippen LogP contribution in [0.15, 0.2) is 36.5 Å². The van der Waals surface area contributed by atoms with Crippen LogP contribution in [0.1, 0.15) is 194 Å². The third-order valence-corrected chi connectivity index (χ3v) is 12.8. The van der Waals surface area contributed by atoms with Gasteiger partial charge in [0.25, 0.3) is 0 Å². The van der Waals surface area contributed by atoms with Crippen molar-refractivity contribution in [1.82, 2.24) is 5.32 Å². The Balaban J connectivity index is 1.80. The zero-order valence-electron chi connectivity index (χ0n) is 40.9. The number of aliphatic hydroxyl groups excluding tert-OH is 8. The Morgan fingerprint density at radius 3 is 1.48 bits per heavy atom. The Morgan fingerprint density at radius 2 is 0.970 bits per heavy atom. The Morgan fingerprint density at radius 1 is 0.530 bits per heavy atom. The zero-order valence-corrected chi connectivity index (χ0v) is 40.9. The van der Waals surface area contributed by atoms with E-state index in [1.807, 2.05) is 6.08 Å². The number of rotatable bonds is 40. The molecule has 0 aromatic rings. The van der Waals surface area contributed by atoms with Crippen molar-refractivity contribution in [3.63, 3.8) is 0 Å². The van der Waals surface area contributed by atoms with Gasteiger partial charge < -0.3 is 65.1 Å². The van der Waals surface area contributed by atoms with Crippen molar-refractivity contribution in [2.45, 2.75) is 267 Å². The second-order valence-corrected chi connectivity index (χ2v) is 18.6. The van der Waals surface area contributed by atoms with E-state index in [1.54, 1.807) is 6.08 Å². The van der Waals surface area contributed by atoms with Gasteiger partial charge in [-0.3, -0.25) is 4.79 Å². The molecule has 14 heteroatoms. The van der Waals surface area contributed by atoms with Crippen molar-refractivity contribution in [2.24, 2.45) is 0 Å². The first-order valence-electron chi connectivity index (χ1n) is 26.2. The normalized spacial score (nSPS) is 27.1. The fraction of sp³-hybridized carbons (Fsp3) is 0.865. The number of aliphatic hydroxyl groups is 8. The summed E-state index contributed by atoms with van der Waals surface area (Å²) in [6, 6.07) is -0.929. The molecule has 0 aliphatic carbocycles. The fourth-order valence-electron chi connectivity index (χ4n) is 8.48. The second-order valence-electron chi connectivity index (χ2n) is 18.6. The molecule has 2 fully saturated rings. The number of hydrogen-bond donors (Lipinski definition) is 9. The highest BCUT2D eigenvalue weighted by atomic mass is 16.7. The van der Waals surface area contributed by atoms with Crippen LogP contribution in [0.3, 0.4) is 0 Å². The maximum atomic E-state index is 13.2. The lowest BCUT2D eigenvalue weighted by atomic mass is 9.97. The van der Waals surface area contributed by atoms with E-state index in [0.29, 0.717) is 12.8 Å². The lowest BCUT2D eigenvalue weighted by Crippen LogP contribution is -2.65. The third kappa shape index (κ3) is 25.7.